The van der Waals surface area contributed by atoms with Crippen molar-refractivity contribution in [3.05, 3.63) is 12.7 Å². The first-order valence-corrected chi connectivity index (χ1v) is 6.28. The molecule has 0 aliphatic carbocycles. The van der Waals surface area contributed by atoms with Crippen molar-refractivity contribution in [1.82, 2.24) is 0 Å². The molecule has 1 atom stereocenters. The van der Waals surface area contributed by atoms with Crippen LogP contribution >= 0.6 is 0 Å². The van der Waals surface area contributed by atoms with Crippen molar-refractivity contribution >= 4 is 22.1 Å². The molecule has 0 spiro atoms. The largest absolute Gasteiger partial charge is 0.481 e. The van der Waals surface area contributed by atoms with Crippen LogP contribution in [0.4, 0.5) is 0 Å². The summed E-state index contributed by atoms with van der Waals surface area (Å²) < 4.78 is 35.6. The van der Waals surface area contributed by atoms with Crippen LogP contribution in [0.15, 0.2) is 12.7 Å². The number of carboxylic acids is 2. The Labute approximate surface area is 104 Å². The van der Waals surface area contributed by atoms with E-state index < -0.39 is 33.4 Å². The van der Waals surface area contributed by atoms with E-state index in [0.717, 1.165) is 0 Å². The topological polar surface area (TPSA) is 138 Å². The van der Waals surface area contributed by atoms with Crippen LogP contribution in [0.5, 0.6) is 0 Å². The molecule has 0 aliphatic rings. The second kappa shape index (κ2) is 6.47. The van der Waals surface area contributed by atoms with Crippen LogP contribution in [0, 0.1) is 0 Å². The fraction of sp³-hybridized carbons (Fsp3) is 0.556. The Morgan fingerprint density at radius 1 is 1.33 bits per heavy atom. The van der Waals surface area contributed by atoms with E-state index in [0.29, 0.717) is 6.42 Å². The van der Waals surface area contributed by atoms with E-state index in [2.05, 4.69) is 11.3 Å². The summed E-state index contributed by atoms with van der Waals surface area (Å²) in [6.45, 7) is 3.05. The third kappa shape index (κ3) is 4.09. The van der Waals surface area contributed by atoms with Gasteiger partial charge in [0.1, 0.15) is 6.42 Å². The first-order valence-electron chi connectivity index (χ1n) is 4.84. The number of carbonyl (C=O) groups is 2. The van der Waals surface area contributed by atoms with E-state index in [1.54, 1.807) is 0 Å². The number of rotatable bonds is 9. The fourth-order valence-electron chi connectivity index (χ4n) is 1.13. The van der Waals surface area contributed by atoms with Crippen LogP contribution in [0.25, 0.3) is 0 Å². The van der Waals surface area contributed by atoms with Gasteiger partial charge in [-0.15, -0.1) is 6.58 Å². The Bertz CT molecular complexity index is 426. The molecule has 0 saturated carbocycles. The minimum absolute atomic E-state index is 0.244. The van der Waals surface area contributed by atoms with E-state index in [9.17, 15) is 18.0 Å². The zero-order valence-electron chi connectivity index (χ0n) is 9.40. The van der Waals surface area contributed by atoms with Gasteiger partial charge in [-0.2, -0.15) is 8.42 Å². The molecule has 9 heteroatoms. The van der Waals surface area contributed by atoms with Crippen molar-refractivity contribution in [2.75, 3.05) is 6.61 Å². The molecule has 0 amide bonds. The third-order valence-corrected chi connectivity index (χ3v) is 3.28. The van der Waals surface area contributed by atoms with Crippen molar-refractivity contribution in [1.29, 1.82) is 0 Å². The summed E-state index contributed by atoms with van der Waals surface area (Å²) in [5, 5.41) is 17.3. The molecule has 0 aromatic carbocycles. The summed E-state index contributed by atoms with van der Waals surface area (Å²) in [6, 6.07) is 0. The zero-order valence-corrected chi connectivity index (χ0v) is 10.2. The van der Waals surface area contributed by atoms with E-state index in [4.69, 9.17) is 14.8 Å². The monoisotopic (exact) mass is 282 g/mol. The summed E-state index contributed by atoms with van der Waals surface area (Å²) in [4.78, 5) is 18.3. The summed E-state index contributed by atoms with van der Waals surface area (Å²) in [5.41, 5.74) is 0. The van der Waals surface area contributed by atoms with Crippen LogP contribution in [0.1, 0.15) is 19.3 Å². The predicted octanol–water partition coefficient (Wildman–Crippen LogP) is 0.113. The standard InChI is InChI=1S/C9H14O8S/c1-2-3-4-5-17-9(8(12)13,6-7(10)11)18(14,15)16/h2H,1,3-6H2,(H,10,11)(H,12,13)(H,14,15,16). The second-order valence-electron chi connectivity index (χ2n) is 3.38. The Hall–Kier alpha value is -1.45. The van der Waals surface area contributed by atoms with Crippen molar-refractivity contribution in [2.45, 2.75) is 24.2 Å². The van der Waals surface area contributed by atoms with Gasteiger partial charge in [-0.05, 0) is 12.8 Å². The predicted molar refractivity (Wildman–Crippen MR) is 59.6 cm³/mol. The summed E-state index contributed by atoms with van der Waals surface area (Å²) >= 11 is 0. The van der Waals surface area contributed by atoms with Gasteiger partial charge in [0, 0.05) is 6.61 Å². The Balaban J connectivity index is 5.16. The fourth-order valence-corrected chi connectivity index (χ4v) is 1.89. The molecule has 0 saturated heterocycles. The molecule has 3 N–H and O–H groups in total. The van der Waals surface area contributed by atoms with Gasteiger partial charge in [-0.3, -0.25) is 9.35 Å². The number of hydrogen-bond acceptors (Lipinski definition) is 5. The van der Waals surface area contributed by atoms with Crippen LogP contribution in [0.3, 0.4) is 0 Å². The Morgan fingerprint density at radius 2 is 1.89 bits per heavy atom. The maximum Gasteiger partial charge on any atom is 0.355 e. The van der Waals surface area contributed by atoms with E-state index in [-0.39, 0.29) is 13.0 Å². The molecule has 0 aromatic heterocycles. The third-order valence-electron chi connectivity index (χ3n) is 2.01. The van der Waals surface area contributed by atoms with Gasteiger partial charge in [0.25, 0.3) is 0 Å². The normalized spacial score (nSPS) is 14.7. The SMILES string of the molecule is C=CCCCOC(CC(=O)O)(C(=O)O)S(=O)(=O)O. The van der Waals surface area contributed by atoms with Crippen LogP contribution in [-0.4, -0.2) is 46.7 Å². The van der Waals surface area contributed by atoms with E-state index in [1.165, 1.54) is 6.08 Å². The highest BCUT2D eigenvalue weighted by molar-refractivity contribution is 7.88. The number of aliphatic carboxylic acids is 2. The molecule has 0 radical (unpaired) electrons. The van der Waals surface area contributed by atoms with E-state index in [1.807, 2.05) is 0 Å². The van der Waals surface area contributed by atoms with Gasteiger partial charge < -0.3 is 14.9 Å². The quantitative estimate of drug-likeness (QED) is 0.308. The summed E-state index contributed by atoms with van der Waals surface area (Å²) in [7, 11) is -5.24. The van der Waals surface area contributed by atoms with Gasteiger partial charge in [0.2, 0.25) is 0 Å². The zero-order chi connectivity index (χ0) is 14.4. The molecule has 1 unspecified atom stereocenters. The lowest BCUT2D eigenvalue weighted by Crippen LogP contribution is -2.50. The molecular formula is C9H14O8S. The first-order chi connectivity index (χ1) is 8.17. The van der Waals surface area contributed by atoms with Gasteiger partial charge in [0.05, 0.1) is 0 Å². The molecule has 0 heterocycles. The Morgan fingerprint density at radius 3 is 2.22 bits per heavy atom. The van der Waals surface area contributed by atoms with Gasteiger partial charge in [-0.25, -0.2) is 4.79 Å². The van der Waals surface area contributed by atoms with Crippen LogP contribution < -0.4 is 0 Å². The van der Waals surface area contributed by atoms with Crippen LogP contribution in [0.2, 0.25) is 0 Å². The Kier molecular flexibility index (Phi) is 5.95. The number of carboxylic acid groups (broad SMARTS) is 2. The minimum Gasteiger partial charge on any atom is -0.481 e. The minimum atomic E-state index is -5.24. The number of unbranched alkanes of at least 4 members (excludes halogenated alkanes) is 1. The van der Waals surface area contributed by atoms with Gasteiger partial charge in [-0.1, -0.05) is 6.08 Å². The van der Waals surface area contributed by atoms with Crippen LogP contribution in [-0.2, 0) is 24.4 Å². The highest BCUT2D eigenvalue weighted by Crippen LogP contribution is 2.24. The van der Waals surface area contributed by atoms with Crippen molar-refractivity contribution < 1.29 is 37.5 Å². The molecule has 0 fully saturated rings. The molecule has 0 aromatic rings. The molecular weight excluding hydrogens is 268 g/mol. The second-order valence-corrected chi connectivity index (χ2v) is 4.99. The summed E-state index contributed by atoms with van der Waals surface area (Å²) in [6.07, 6.45) is 0.771. The van der Waals surface area contributed by atoms with Crippen molar-refractivity contribution in [3.63, 3.8) is 0 Å². The van der Waals surface area contributed by atoms with Gasteiger partial charge in [0.15, 0.2) is 0 Å². The van der Waals surface area contributed by atoms with E-state index >= 15 is 0 Å². The highest BCUT2D eigenvalue weighted by Gasteiger charge is 2.54. The molecule has 104 valence electrons. The molecule has 18 heavy (non-hydrogen) atoms. The molecule has 0 bridgehead atoms. The number of hydrogen-bond donors (Lipinski definition) is 3. The number of ether oxygens (including phenoxy) is 1. The van der Waals surface area contributed by atoms with Crippen molar-refractivity contribution in [2.24, 2.45) is 0 Å². The smallest absolute Gasteiger partial charge is 0.355 e. The van der Waals surface area contributed by atoms with Crippen molar-refractivity contribution in [3.8, 4) is 0 Å². The number of allylic oxidation sites excluding steroid dienone is 1. The maximum atomic E-state index is 11.1. The molecule has 8 nitrogen and oxygen atoms in total. The first kappa shape index (κ1) is 16.6. The maximum absolute atomic E-state index is 11.1. The molecule has 0 rings (SSSR count). The lowest BCUT2D eigenvalue weighted by Gasteiger charge is -2.24. The average molecular weight is 282 g/mol. The average Bonchev–Trinajstić information content (AvgIpc) is 2.19. The lowest BCUT2D eigenvalue weighted by molar-refractivity contribution is -0.162. The molecule has 0 aliphatic heterocycles. The van der Waals surface area contributed by atoms with Gasteiger partial charge >= 0.3 is 27.0 Å². The lowest BCUT2D eigenvalue weighted by atomic mass is 10.2. The highest BCUT2D eigenvalue weighted by atomic mass is 32.2. The summed E-state index contributed by atoms with van der Waals surface area (Å²) in [5.74, 6) is -3.80.